The minimum atomic E-state index is -0.0460. The fraction of sp³-hybridized carbons (Fsp3) is 1.00. The third-order valence-electron chi connectivity index (χ3n) is 4.26. The zero-order chi connectivity index (χ0) is 12.2. The molecule has 0 unspecified atom stereocenters. The number of hydrogen-bond acceptors (Lipinski definition) is 4. The molecule has 3 N–H and O–H groups in total. The summed E-state index contributed by atoms with van der Waals surface area (Å²) in [4.78, 5) is 0. The van der Waals surface area contributed by atoms with Crippen LogP contribution in [0.3, 0.4) is 0 Å². The van der Waals surface area contributed by atoms with Gasteiger partial charge < -0.3 is 20.5 Å². The van der Waals surface area contributed by atoms with Crippen LogP contribution in [0.25, 0.3) is 0 Å². The minimum absolute atomic E-state index is 0.0460. The third-order valence-corrected chi connectivity index (χ3v) is 4.26. The van der Waals surface area contributed by atoms with E-state index in [1.165, 1.54) is 19.3 Å². The first-order chi connectivity index (χ1) is 8.18. The Labute approximate surface area is 104 Å². The van der Waals surface area contributed by atoms with Crippen molar-refractivity contribution >= 4 is 0 Å². The van der Waals surface area contributed by atoms with Crippen LogP contribution in [0.1, 0.15) is 32.1 Å². The largest absolute Gasteiger partial charge is 0.385 e. The molecule has 1 saturated carbocycles. The predicted octanol–water partition coefficient (Wildman–Crippen LogP) is 0.901. The first-order valence-corrected chi connectivity index (χ1v) is 6.74. The lowest BCUT2D eigenvalue weighted by Crippen LogP contribution is -2.53. The summed E-state index contributed by atoms with van der Waals surface area (Å²) >= 11 is 0. The molecular formula is C13H26N2O2. The van der Waals surface area contributed by atoms with Gasteiger partial charge in [-0.3, -0.25) is 0 Å². The number of nitrogens with one attached hydrogen (secondary N) is 1. The summed E-state index contributed by atoms with van der Waals surface area (Å²) < 4.78 is 10.5. The van der Waals surface area contributed by atoms with Gasteiger partial charge in [-0.15, -0.1) is 0 Å². The molecule has 4 nitrogen and oxygen atoms in total. The molecule has 2 rings (SSSR count). The summed E-state index contributed by atoms with van der Waals surface area (Å²) in [6.07, 6.45) is 5.81. The monoisotopic (exact) mass is 242 g/mol. The Bertz CT molecular complexity index is 236. The normalized spacial score (nSPS) is 25.8. The molecule has 0 radical (unpaired) electrons. The molecule has 1 aliphatic heterocycles. The topological polar surface area (TPSA) is 56.5 Å². The van der Waals surface area contributed by atoms with Crippen LogP contribution in [0.4, 0.5) is 0 Å². The van der Waals surface area contributed by atoms with Crippen molar-refractivity contribution in [1.82, 2.24) is 5.32 Å². The van der Waals surface area contributed by atoms with Gasteiger partial charge in [0, 0.05) is 45.6 Å². The highest BCUT2D eigenvalue weighted by Gasteiger charge is 2.42. The third kappa shape index (κ3) is 3.91. The van der Waals surface area contributed by atoms with E-state index < -0.39 is 0 Å². The Balaban J connectivity index is 1.65. The van der Waals surface area contributed by atoms with Crippen LogP contribution in [-0.2, 0) is 9.47 Å². The van der Waals surface area contributed by atoms with E-state index in [9.17, 15) is 0 Å². The Morgan fingerprint density at radius 1 is 1.18 bits per heavy atom. The van der Waals surface area contributed by atoms with Gasteiger partial charge in [-0.25, -0.2) is 0 Å². The number of ether oxygens (including phenoxy) is 2. The van der Waals surface area contributed by atoms with E-state index in [1.807, 2.05) is 0 Å². The van der Waals surface area contributed by atoms with Gasteiger partial charge in [0.2, 0.25) is 0 Å². The Morgan fingerprint density at radius 2 is 1.88 bits per heavy atom. The van der Waals surface area contributed by atoms with E-state index in [2.05, 4.69) is 5.32 Å². The SMILES string of the molecule is COCCC1(CNCC2(N)CCOCC2)CC1. The summed E-state index contributed by atoms with van der Waals surface area (Å²) in [5, 5.41) is 3.57. The number of methoxy groups -OCH3 is 1. The van der Waals surface area contributed by atoms with E-state index in [0.29, 0.717) is 5.41 Å². The molecule has 2 fully saturated rings. The number of nitrogens with two attached hydrogens (primary N) is 1. The summed E-state index contributed by atoms with van der Waals surface area (Å²) in [5.74, 6) is 0. The first-order valence-electron chi connectivity index (χ1n) is 6.74. The average Bonchev–Trinajstić information content (AvgIpc) is 3.08. The fourth-order valence-corrected chi connectivity index (χ4v) is 2.54. The van der Waals surface area contributed by atoms with Crippen LogP contribution in [-0.4, -0.2) is 45.6 Å². The van der Waals surface area contributed by atoms with Crippen LogP contribution in [0.2, 0.25) is 0 Å². The number of hydrogen-bond donors (Lipinski definition) is 2. The van der Waals surface area contributed by atoms with Crippen molar-refractivity contribution in [2.45, 2.75) is 37.6 Å². The van der Waals surface area contributed by atoms with E-state index in [1.54, 1.807) is 7.11 Å². The van der Waals surface area contributed by atoms with Crippen molar-refractivity contribution in [3.05, 3.63) is 0 Å². The zero-order valence-electron chi connectivity index (χ0n) is 11.0. The van der Waals surface area contributed by atoms with Crippen molar-refractivity contribution in [1.29, 1.82) is 0 Å². The van der Waals surface area contributed by atoms with Gasteiger partial charge in [0.05, 0.1) is 0 Å². The van der Waals surface area contributed by atoms with Crippen LogP contribution < -0.4 is 11.1 Å². The smallest absolute Gasteiger partial charge is 0.0484 e. The van der Waals surface area contributed by atoms with Crippen LogP contribution in [0.15, 0.2) is 0 Å². The molecule has 100 valence electrons. The van der Waals surface area contributed by atoms with Gasteiger partial charge in [-0.1, -0.05) is 0 Å². The molecule has 2 aliphatic rings. The highest BCUT2D eigenvalue weighted by atomic mass is 16.5. The van der Waals surface area contributed by atoms with Crippen LogP contribution >= 0.6 is 0 Å². The second-order valence-electron chi connectivity index (χ2n) is 5.82. The second kappa shape index (κ2) is 5.65. The maximum absolute atomic E-state index is 6.34. The van der Waals surface area contributed by atoms with Gasteiger partial charge in [0.1, 0.15) is 0 Å². The maximum atomic E-state index is 6.34. The van der Waals surface area contributed by atoms with Gasteiger partial charge in [0.25, 0.3) is 0 Å². The first kappa shape index (κ1) is 13.3. The van der Waals surface area contributed by atoms with Gasteiger partial charge >= 0.3 is 0 Å². The summed E-state index contributed by atoms with van der Waals surface area (Å²) in [6.45, 7) is 4.52. The zero-order valence-corrected chi connectivity index (χ0v) is 11.0. The van der Waals surface area contributed by atoms with Crippen LogP contribution in [0.5, 0.6) is 0 Å². The molecule has 0 amide bonds. The highest BCUT2D eigenvalue weighted by Crippen LogP contribution is 2.48. The van der Waals surface area contributed by atoms with E-state index in [4.69, 9.17) is 15.2 Å². The minimum Gasteiger partial charge on any atom is -0.385 e. The Morgan fingerprint density at radius 3 is 2.47 bits per heavy atom. The molecule has 1 heterocycles. The molecule has 0 bridgehead atoms. The number of rotatable bonds is 7. The van der Waals surface area contributed by atoms with E-state index >= 15 is 0 Å². The molecule has 1 saturated heterocycles. The summed E-state index contributed by atoms with van der Waals surface area (Å²) in [6, 6.07) is 0. The molecular weight excluding hydrogens is 216 g/mol. The van der Waals surface area contributed by atoms with Crippen LogP contribution in [0, 0.1) is 5.41 Å². The van der Waals surface area contributed by atoms with Gasteiger partial charge in [-0.05, 0) is 37.5 Å². The molecule has 0 aromatic rings. The molecule has 4 heteroatoms. The van der Waals surface area contributed by atoms with Crippen molar-refractivity contribution in [2.75, 3.05) is 40.0 Å². The highest BCUT2D eigenvalue weighted by molar-refractivity contribution is 4.96. The molecule has 1 aliphatic carbocycles. The lowest BCUT2D eigenvalue weighted by Gasteiger charge is -2.34. The lowest BCUT2D eigenvalue weighted by atomic mass is 9.91. The molecule has 17 heavy (non-hydrogen) atoms. The molecule has 0 atom stereocenters. The molecule has 0 aromatic carbocycles. The predicted molar refractivity (Wildman–Crippen MR) is 68.0 cm³/mol. The second-order valence-corrected chi connectivity index (χ2v) is 5.82. The molecule has 0 spiro atoms. The quantitative estimate of drug-likeness (QED) is 0.696. The standard InChI is InChI=1S/C13H26N2O2/c1-16-7-4-12(2-3-12)10-15-11-13(14)5-8-17-9-6-13/h15H,2-11,14H2,1H3. The Kier molecular flexibility index (Phi) is 4.42. The molecule has 0 aromatic heterocycles. The van der Waals surface area contributed by atoms with Crippen molar-refractivity contribution in [2.24, 2.45) is 11.1 Å². The maximum Gasteiger partial charge on any atom is 0.0484 e. The van der Waals surface area contributed by atoms with E-state index in [0.717, 1.165) is 45.8 Å². The van der Waals surface area contributed by atoms with E-state index in [-0.39, 0.29) is 5.54 Å². The summed E-state index contributed by atoms with van der Waals surface area (Å²) in [7, 11) is 1.78. The van der Waals surface area contributed by atoms with Crippen molar-refractivity contribution < 1.29 is 9.47 Å². The summed E-state index contributed by atoms with van der Waals surface area (Å²) in [5.41, 5.74) is 6.81. The fourth-order valence-electron chi connectivity index (χ4n) is 2.54. The van der Waals surface area contributed by atoms with Crippen molar-refractivity contribution in [3.8, 4) is 0 Å². The Hall–Kier alpha value is -0.160. The lowest BCUT2D eigenvalue weighted by molar-refractivity contribution is 0.0526. The van der Waals surface area contributed by atoms with Gasteiger partial charge in [0.15, 0.2) is 0 Å². The van der Waals surface area contributed by atoms with Crippen molar-refractivity contribution in [3.63, 3.8) is 0 Å². The average molecular weight is 242 g/mol. The van der Waals surface area contributed by atoms with Gasteiger partial charge in [-0.2, -0.15) is 0 Å².